The lowest BCUT2D eigenvalue weighted by Crippen LogP contribution is -2.25. The van der Waals surface area contributed by atoms with Gasteiger partial charge in [0.05, 0.1) is 36.5 Å². The molecule has 2 unspecified atom stereocenters. The molecule has 4 aromatic rings. The van der Waals surface area contributed by atoms with Gasteiger partial charge >= 0.3 is 0 Å². The van der Waals surface area contributed by atoms with Crippen LogP contribution in [0.2, 0.25) is 0 Å². The van der Waals surface area contributed by atoms with Crippen molar-refractivity contribution in [1.82, 2.24) is 0 Å². The third-order valence-electron chi connectivity index (χ3n) is 11.1. The summed E-state index contributed by atoms with van der Waals surface area (Å²) in [7, 11) is -0.628. The lowest BCUT2D eigenvalue weighted by atomic mass is 10.1. The van der Waals surface area contributed by atoms with Crippen LogP contribution in [0, 0.1) is 0 Å². The minimum Gasteiger partial charge on any atom is -0.0576 e. The quantitative estimate of drug-likeness (QED) is 0.200. The predicted octanol–water partition coefficient (Wildman–Crippen LogP) is 9.80. The molecule has 2 aliphatic carbocycles. The largest absolute Gasteiger partial charge is 0.163 e. The van der Waals surface area contributed by atoms with Gasteiger partial charge in [-0.15, -0.1) is 0 Å². The van der Waals surface area contributed by atoms with E-state index in [1.54, 1.807) is 43.8 Å². The summed E-state index contributed by atoms with van der Waals surface area (Å²) in [5.74, 6) is 0. The van der Waals surface area contributed by atoms with Crippen LogP contribution in [0.15, 0.2) is 48.5 Å². The topological polar surface area (TPSA) is 0 Å². The van der Waals surface area contributed by atoms with E-state index < -0.39 is 13.9 Å². The molecule has 40 heavy (non-hydrogen) atoms. The van der Waals surface area contributed by atoms with Crippen molar-refractivity contribution in [2.75, 3.05) is 0 Å². The van der Waals surface area contributed by atoms with Crippen LogP contribution in [-0.2, 0) is 25.7 Å². The summed E-state index contributed by atoms with van der Waals surface area (Å²) in [6.07, 6.45) is 4.95. The Morgan fingerprint density at radius 2 is 0.725 bits per heavy atom. The van der Waals surface area contributed by atoms with Gasteiger partial charge in [-0.25, -0.2) is 0 Å². The molecule has 4 aliphatic rings. The Morgan fingerprint density at radius 1 is 0.425 bits per heavy atom. The van der Waals surface area contributed by atoms with Gasteiger partial charge in [-0.1, -0.05) is 24.3 Å². The molecule has 0 aromatic heterocycles. The smallest absolute Gasteiger partial charge is 0.0576 e. The van der Waals surface area contributed by atoms with Crippen LogP contribution in [0.5, 0.6) is 0 Å². The standard InChI is InChI=1S/C36H44P4/c1-21(2)39(22(3)4)31-19-15-27-11-9-25-13-17-29(35(31)33(25)27)37(39)38-30-18-14-26-10-12-28-16-20-32(36(30)34(26)28)40(38,23(5)6)24(7)8/h13-24H,9-12H2,1-8H3/q+2. The molecule has 0 bridgehead atoms. The molecule has 2 atom stereocenters. The molecule has 0 N–H and O–H groups in total. The second kappa shape index (κ2) is 8.83. The van der Waals surface area contributed by atoms with Gasteiger partial charge in [0.2, 0.25) is 0 Å². The van der Waals surface area contributed by atoms with Crippen LogP contribution in [0.1, 0.15) is 77.6 Å². The highest BCUT2D eigenvalue weighted by atomic mass is 32.7. The minimum absolute atomic E-state index is 0.314. The lowest BCUT2D eigenvalue weighted by molar-refractivity contribution is 1.01. The molecule has 0 radical (unpaired) electrons. The molecule has 0 spiro atoms. The van der Waals surface area contributed by atoms with Crippen LogP contribution in [-0.4, -0.2) is 22.6 Å². The molecule has 0 saturated carbocycles. The van der Waals surface area contributed by atoms with Crippen molar-refractivity contribution in [1.29, 1.82) is 0 Å². The van der Waals surface area contributed by atoms with Crippen molar-refractivity contribution < 1.29 is 0 Å². The summed E-state index contributed by atoms with van der Waals surface area (Å²) < 4.78 is 0. The molecule has 206 valence electrons. The Bertz CT molecular complexity index is 1580. The molecule has 0 fully saturated rings. The van der Waals surface area contributed by atoms with Gasteiger partial charge in [0, 0.05) is 21.4 Å². The molecule has 2 heterocycles. The Morgan fingerprint density at radius 3 is 1.02 bits per heavy atom. The number of rotatable bonds is 5. The SMILES string of the molecule is CC(C)[P+]1(C(C)C)c2ccc3c4c(ccc(c24)P1P1c2ccc4c5c(ccc(c25)[P+]1(C(C)C)C(C)C)CC4)CC3. The molecule has 4 aromatic carbocycles. The first-order valence-corrected chi connectivity index (χ1v) is 24.4. The van der Waals surface area contributed by atoms with Crippen molar-refractivity contribution in [3.8, 4) is 0 Å². The highest BCUT2D eigenvalue weighted by Crippen LogP contribution is 3.11. The van der Waals surface area contributed by atoms with Crippen LogP contribution >= 0.6 is 28.5 Å². The van der Waals surface area contributed by atoms with Gasteiger partial charge in [-0.05, 0) is 138 Å². The monoisotopic (exact) mass is 600 g/mol. The van der Waals surface area contributed by atoms with E-state index in [9.17, 15) is 0 Å². The fourth-order valence-electron chi connectivity index (χ4n) is 9.74. The summed E-state index contributed by atoms with van der Waals surface area (Å²) >= 11 is 0. The Labute approximate surface area is 245 Å². The van der Waals surface area contributed by atoms with Crippen LogP contribution in [0.25, 0.3) is 21.5 Å². The predicted molar refractivity (Wildman–Crippen MR) is 189 cm³/mol. The Balaban J connectivity index is 1.54. The summed E-state index contributed by atoms with van der Waals surface area (Å²) in [6, 6.07) is 21.1. The Kier molecular flexibility index (Phi) is 5.90. The van der Waals surface area contributed by atoms with Crippen molar-refractivity contribution in [3.05, 3.63) is 70.8 Å². The maximum absolute atomic E-state index is 2.70. The first-order chi connectivity index (χ1) is 19.2. The average Bonchev–Trinajstić information content (AvgIpc) is 3.65. The van der Waals surface area contributed by atoms with Gasteiger partial charge in [0.15, 0.2) is 14.6 Å². The average molecular weight is 601 g/mol. The van der Waals surface area contributed by atoms with Gasteiger partial charge in [0.25, 0.3) is 0 Å². The molecular formula is C36H44P4+2. The highest BCUT2D eigenvalue weighted by molar-refractivity contribution is 8.88. The number of benzene rings is 4. The summed E-state index contributed by atoms with van der Waals surface area (Å²) in [5.41, 5.74) is 9.42. The van der Waals surface area contributed by atoms with Gasteiger partial charge in [-0.2, -0.15) is 0 Å². The van der Waals surface area contributed by atoms with E-state index in [2.05, 4.69) is 104 Å². The maximum atomic E-state index is 2.70. The van der Waals surface area contributed by atoms with Crippen LogP contribution < -0.4 is 21.2 Å². The fraction of sp³-hybridized carbons (Fsp3) is 0.444. The van der Waals surface area contributed by atoms with E-state index in [1.165, 1.54) is 25.7 Å². The lowest BCUT2D eigenvalue weighted by Gasteiger charge is -2.44. The van der Waals surface area contributed by atoms with E-state index in [0.717, 1.165) is 22.6 Å². The maximum Gasteiger partial charge on any atom is 0.163 e. The first kappa shape index (κ1) is 26.7. The second-order valence-electron chi connectivity index (χ2n) is 13.9. The number of hydrogen-bond donors (Lipinski definition) is 0. The Hall–Kier alpha value is -0.880. The minimum atomic E-state index is -1.50. The number of hydrogen-bond acceptors (Lipinski definition) is 0. The van der Waals surface area contributed by atoms with E-state index in [-0.39, 0.29) is 14.6 Å². The summed E-state index contributed by atoms with van der Waals surface area (Å²) in [5, 5.41) is 14.2. The summed E-state index contributed by atoms with van der Waals surface area (Å²) in [4.78, 5) is 0. The van der Waals surface area contributed by atoms with Gasteiger partial charge in [0.1, 0.15) is 10.6 Å². The highest BCUT2D eigenvalue weighted by Gasteiger charge is 2.73. The number of aryl methyl sites for hydroxylation is 4. The zero-order valence-electron chi connectivity index (χ0n) is 25.5. The van der Waals surface area contributed by atoms with E-state index in [0.29, 0.717) is 0 Å². The zero-order valence-corrected chi connectivity index (χ0v) is 29.1. The van der Waals surface area contributed by atoms with E-state index >= 15 is 0 Å². The van der Waals surface area contributed by atoms with Crippen molar-refractivity contribution >= 4 is 71.3 Å². The van der Waals surface area contributed by atoms with Gasteiger partial charge in [-0.3, -0.25) is 0 Å². The summed E-state index contributed by atoms with van der Waals surface area (Å²) in [6.45, 7) is 18.0. The molecule has 0 nitrogen and oxygen atoms in total. The normalized spacial score (nSPS) is 22.9. The van der Waals surface area contributed by atoms with Crippen molar-refractivity contribution in [2.45, 2.75) is 104 Å². The van der Waals surface area contributed by atoms with Gasteiger partial charge < -0.3 is 0 Å². The van der Waals surface area contributed by atoms with Crippen LogP contribution in [0.3, 0.4) is 0 Å². The van der Waals surface area contributed by atoms with E-state index in [4.69, 9.17) is 0 Å². The molecule has 4 heteroatoms. The van der Waals surface area contributed by atoms with E-state index in [1.807, 2.05) is 21.2 Å². The molecule has 0 saturated heterocycles. The van der Waals surface area contributed by atoms with Crippen molar-refractivity contribution in [2.24, 2.45) is 0 Å². The van der Waals surface area contributed by atoms with Crippen LogP contribution in [0.4, 0.5) is 0 Å². The molecular weight excluding hydrogens is 556 g/mol. The third-order valence-corrected chi connectivity index (χ3v) is 46.9. The van der Waals surface area contributed by atoms with Crippen molar-refractivity contribution in [3.63, 3.8) is 0 Å². The second-order valence-corrected chi connectivity index (χ2v) is 34.7. The molecule has 0 amide bonds. The molecule has 2 aliphatic heterocycles. The molecule has 8 rings (SSSR count). The first-order valence-electron chi connectivity index (χ1n) is 15.7. The fourth-order valence-corrected chi connectivity index (χ4v) is 59.1. The third kappa shape index (κ3) is 2.90. The zero-order chi connectivity index (χ0) is 27.9.